The summed E-state index contributed by atoms with van der Waals surface area (Å²) in [5.41, 5.74) is 5.44. The second kappa shape index (κ2) is 48.1. The van der Waals surface area contributed by atoms with E-state index in [9.17, 15) is 186 Å². The molecule has 9 aliphatic heterocycles. The van der Waals surface area contributed by atoms with Crippen molar-refractivity contribution in [2.24, 2.45) is 5.73 Å². The third-order valence-electron chi connectivity index (χ3n) is 23.1. The zero-order valence-electron chi connectivity index (χ0n) is 70.7. The molecule has 9 heterocycles. The number of hydrogen-bond acceptors (Lipinski definition) is 55. The predicted octanol–water partition coefficient (Wildman–Crippen LogP) is -21.8. The lowest BCUT2D eigenvalue weighted by atomic mass is 9.88. The smallest absolute Gasteiger partial charge is 0.472 e. The molecule has 9 saturated heterocycles. The van der Waals surface area contributed by atoms with Crippen LogP contribution in [0.4, 0.5) is 0 Å². The maximum Gasteiger partial charge on any atom is 0.472 e. The molecule has 0 aromatic heterocycles. The number of phosphoric ester groups is 1. The summed E-state index contributed by atoms with van der Waals surface area (Å²) in [5.74, 6) is -15.2. The monoisotopic (exact) mass is 1970 g/mol. The quantitative estimate of drug-likeness (QED) is 0.0200. The molecular formula is C71H119N4O57P. The summed E-state index contributed by atoms with van der Waals surface area (Å²) in [5, 5.41) is 333. The topological polar surface area (TPSA) is 973 Å². The number of phosphoric acid groups is 1. The number of carbonyl (C=O) groups excluding carboxylic acids is 4. The molecule has 0 saturated carbocycles. The summed E-state index contributed by atoms with van der Waals surface area (Å²) in [7, 11) is -5.47. The van der Waals surface area contributed by atoms with Crippen LogP contribution < -0.4 is 21.7 Å². The van der Waals surface area contributed by atoms with Gasteiger partial charge in [-0.2, -0.15) is 0 Å². The fourth-order valence-electron chi connectivity index (χ4n) is 16.5. The van der Waals surface area contributed by atoms with E-state index in [0.29, 0.717) is 0 Å². The molecule has 2 unspecified atom stereocenters. The third kappa shape index (κ3) is 25.4. The first-order valence-electron chi connectivity index (χ1n) is 41.3. The molecule has 133 heavy (non-hydrogen) atoms. The minimum atomic E-state index is -5.47. The standard InChI is InChI=1S/C71H119N4O57P/c1-18(85)73-33-22(89)8-71(69(108)109,130-55(33)36(94)24(91)9-76)131-57-39(97)29(14-81)117-65(46(57)104)122-51-30(15-82)118-61(34(40(51)98)74-19(2)86)125-56-38(96)28(13-80)116-64(45(56)103)123-52-31(16-83)119-63(44(102)43(52)101)128-60-49(25(92)10-77)121-66(120-48-23(90)7-70(110,68(106)107)129-50(48)26(93)11-78)47(105)58(60)126-67-59(42(100)41(99)53(124-67)32(17-84)132-133(111,112)113-6-5-72)127-62-35(75-20(3)87)54(114-21(4)88)37(95)27(12-79)115-62/h22-67,76-84,89-105,110H,5-17,72H2,1-4H3,(H,73,85)(H,74,86)(H,75,87)(H,106,107)(H,108,109)(H,111,112)/t22-,23+,24+,25-,26+,27+,28+,29+,30+,31+,32-,33+,34+,35+,36+,37+,38-,39-,40+,41-,42-,43+,44+,45+,46+,47-,48+,49+,50+,51+,52+,53+,54+,55+,56-,57-,58+,59-,60+,61-,62+,63-,64-,65-,66-,67+,70?,71-/m0/s1. The van der Waals surface area contributed by atoms with Crippen molar-refractivity contribution < 1.29 is 281 Å². The lowest BCUT2D eigenvalue weighted by Gasteiger charge is -2.52. The van der Waals surface area contributed by atoms with Crippen molar-refractivity contribution >= 4 is 43.5 Å². The van der Waals surface area contributed by atoms with Crippen molar-refractivity contribution in [1.29, 1.82) is 0 Å². The van der Waals surface area contributed by atoms with Crippen LogP contribution in [0.15, 0.2) is 0 Å². The number of carbonyl (C=O) groups is 6. The van der Waals surface area contributed by atoms with Crippen molar-refractivity contribution in [3.05, 3.63) is 0 Å². The SMILES string of the molecule is CC(=O)N[C@H]1[C@H](O[C@H]2[C@@H](O)[C@@H](CO)O[C@@H](O[C@H]3[C@H](O)[C@@H](O)[C@H](O[C@H]4[C@H](O[C@H]5O[C@H]([C@H](CO)OP(=O)(O)OCCN)[C@@H](O)[C@H](O)[C@@H]5O[C@H]5O[C@H](CO)[C@@H](O)[C@H](OC(C)=O)[C@H]5NC(C)=O)[C@H](O)[C@@H](O[C@H]5[C@@H]([C@H](O)CO)OC(O)(C(=O)O)C[C@H]5O)O[C@@H]4[C@@H](O)CO)O[C@@H]3CO)[C@@H]2O)O[C@H](CO)[C@@H](O[C@@H]2O[C@H](CO)[C@H](O)[C@H](O[C@]3(C(=O)O)C[C@H](O)[C@@H](NC(C)=O)[C@H]([C@H](O)[C@H](O)CO)O3)[C@H]2O)[C@@H]1O. The zero-order chi connectivity index (χ0) is 99.0. The number of amides is 3. The number of rotatable bonds is 41. The van der Waals surface area contributed by atoms with Gasteiger partial charge in [-0.15, -0.1) is 0 Å². The van der Waals surface area contributed by atoms with E-state index in [2.05, 4.69) is 16.0 Å². The van der Waals surface area contributed by atoms with Gasteiger partial charge in [-0.05, 0) is 0 Å². The van der Waals surface area contributed by atoms with Gasteiger partial charge in [0.15, 0.2) is 50.1 Å². The molecule has 0 aliphatic carbocycles. The average molecular weight is 1970 g/mol. The fraction of sp³-hybridized carbons (Fsp3) is 0.915. The highest BCUT2D eigenvalue weighted by molar-refractivity contribution is 7.47. The molecule has 35 N–H and O–H groups in total. The van der Waals surface area contributed by atoms with Gasteiger partial charge in [0.05, 0.1) is 84.3 Å². The second-order valence-corrected chi connectivity index (χ2v) is 33.9. The zero-order valence-corrected chi connectivity index (χ0v) is 71.6. The number of ether oxygens (including phenoxy) is 18. The van der Waals surface area contributed by atoms with E-state index >= 15 is 0 Å². The molecule has 0 radical (unpaired) electrons. The Morgan fingerprint density at radius 3 is 1.35 bits per heavy atom. The van der Waals surface area contributed by atoms with Crippen LogP contribution in [-0.2, 0) is 128 Å². The van der Waals surface area contributed by atoms with E-state index in [1.54, 1.807) is 0 Å². The largest absolute Gasteiger partial charge is 0.477 e. The highest BCUT2D eigenvalue weighted by Crippen LogP contribution is 2.48. The van der Waals surface area contributed by atoms with Crippen LogP contribution in [0.2, 0.25) is 0 Å². The fourth-order valence-corrected chi connectivity index (χ4v) is 17.4. The Labute approximate surface area is 750 Å². The molecule has 0 aromatic rings. The van der Waals surface area contributed by atoms with Crippen molar-refractivity contribution in [3.63, 3.8) is 0 Å². The van der Waals surface area contributed by atoms with E-state index in [4.69, 9.17) is 100 Å². The molecule has 770 valence electrons. The molecule has 0 aromatic carbocycles. The number of carboxylic acids is 2. The molecule has 9 aliphatic rings. The first-order chi connectivity index (χ1) is 62.5. The Morgan fingerprint density at radius 2 is 0.835 bits per heavy atom. The van der Waals surface area contributed by atoms with Crippen LogP contribution in [0, 0.1) is 0 Å². The summed E-state index contributed by atoms with van der Waals surface area (Å²) in [6.07, 6.45) is -106. The van der Waals surface area contributed by atoms with Gasteiger partial charge in [0, 0.05) is 47.1 Å². The first-order valence-corrected chi connectivity index (χ1v) is 42.8. The van der Waals surface area contributed by atoms with Gasteiger partial charge in [-0.25, -0.2) is 14.2 Å². The summed E-state index contributed by atoms with van der Waals surface area (Å²) < 4.78 is 129. The Morgan fingerprint density at radius 1 is 0.406 bits per heavy atom. The summed E-state index contributed by atoms with van der Waals surface area (Å²) in [6.45, 7) is -9.70. The average Bonchev–Trinajstić information content (AvgIpc) is 0.751. The summed E-state index contributed by atoms with van der Waals surface area (Å²) in [4.78, 5) is 87.1. The van der Waals surface area contributed by atoms with Gasteiger partial charge >= 0.3 is 25.7 Å². The Kier molecular flexibility index (Phi) is 40.4. The highest BCUT2D eigenvalue weighted by Gasteiger charge is 2.66. The lowest BCUT2D eigenvalue weighted by molar-refractivity contribution is -0.415. The maximum atomic E-state index is 13.3. The number of aliphatic carboxylic acids is 2. The predicted molar refractivity (Wildman–Crippen MR) is 406 cm³/mol. The van der Waals surface area contributed by atoms with Crippen molar-refractivity contribution in [2.75, 3.05) is 72.6 Å². The summed E-state index contributed by atoms with van der Waals surface area (Å²) in [6, 6.07) is -5.83. The molecule has 9 rings (SSSR count). The third-order valence-corrected chi connectivity index (χ3v) is 24.1. The van der Waals surface area contributed by atoms with Crippen LogP contribution in [0.25, 0.3) is 0 Å². The number of aliphatic hydroxyl groups excluding tert-OH is 26. The van der Waals surface area contributed by atoms with E-state index < -0.39 is 422 Å². The van der Waals surface area contributed by atoms with Crippen LogP contribution in [0.1, 0.15) is 40.5 Å². The number of aliphatic hydroxyl groups is 27. The van der Waals surface area contributed by atoms with Crippen LogP contribution >= 0.6 is 7.82 Å². The number of nitrogens with one attached hydrogen (secondary N) is 3. The van der Waals surface area contributed by atoms with Gasteiger partial charge in [0.2, 0.25) is 17.7 Å². The van der Waals surface area contributed by atoms with E-state index in [1.807, 2.05) is 0 Å². The number of esters is 1. The Bertz CT molecular complexity index is 3780. The highest BCUT2D eigenvalue weighted by atomic mass is 31.2. The molecule has 0 spiro atoms. The Hall–Kier alpha value is -4.87. The van der Waals surface area contributed by atoms with Crippen LogP contribution in [-0.4, -0.2) is 555 Å². The molecule has 9 fully saturated rings. The van der Waals surface area contributed by atoms with Crippen LogP contribution in [0.3, 0.4) is 0 Å². The number of nitrogens with two attached hydrogens (primary N) is 1. The van der Waals surface area contributed by atoms with E-state index in [1.165, 1.54) is 0 Å². The van der Waals surface area contributed by atoms with Gasteiger partial charge in [0.25, 0.3) is 11.6 Å². The van der Waals surface area contributed by atoms with E-state index in [0.717, 1.165) is 27.7 Å². The maximum absolute atomic E-state index is 13.3. The molecule has 49 atom stereocenters. The second-order valence-electron chi connectivity index (χ2n) is 32.5. The van der Waals surface area contributed by atoms with Crippen molar-refractivity contribution in [1.82, 2.24) is 16.0 Å². The van der Waals surface area contributed by atoms with Gasteiger partial charge in [0.1, 0.15) is 214 Å². The van der Waals surface area contributed by atoms with Gasteiger partial charge < -0.3 is 260 Å². The van der Waals surface area contributed by atoms with Crippen LogP contribution in [0.5, 0.6) is 0 Å². The number of carboxylic acid groups (broad SMARTS) is 2. The summed E-state index contributed by atoms with van der Waals surface area (Å²) >= 11 is 0. The van der Waals surface area contributed by atoms with E-state index in [-0.39, 0.29) is 0 Å². The molecular weight excluding hydrogens is 1850 g/mol. The molecule has 61 nitrogen and oxygen atoms in total. The minimum absolute atomic E-state index is 0.448. The first kappa shape index (κ1) is 112. The molecule has 62 heteroatoms. The minimum Gasteiger partial charge on any atom is -0.477 e. The van der Waals surface area contributed by atoms with Gasteiger partial charge in [-0.3, -0.25) is 28.2 Å². The molecule has 3 amide bonds. The molecule has 0 bridgehead atoms. The number of hydrogen-bond donors (Lipinski definition) is 34. The van der Waals surface area contributed by atoms with Crippen molar-refractivity contribution in [2.45, 2.75) is 334 Å². The van der Waals surface area contributed by atoms with Gasteiger partial charge in [-0.1, -0.05) is 0 Å². The Balaban J connectivity index is 1.03. The van der Waals surface area contributed by atoms with Crippen molar-refractivity contribution in [3.8, 4) is 0 Å². The lowest BCUT2D eigenvalue weighted by Crippen LogP contribution is -2.71. The normalized spacial score (nSPS) is 44.7.